The highest BCUT2D eigenvalue weighted by Crippen LogP contribution is 2.32. The molecule has 1 aliphatic rings. The van der Waals surface area contributed by atoms with Crippen molar-refractivity contribution in [1.82, 2.24) is 0 Å². The molecule has 4 aromatic rings. The Morgan fingerprint density at radius 1 is 0.439 bits per heavy atom. The van der Waals surface area contributed by atoms with Gasteiger partial charge in [0.25, 0.3) is 0 Å². The van der Waals surface area contributed by atoms with Crippen molar-refractivity contribution in [3.8, 4) is 0 Å². The third-order valence-corrected chi connectivity index (χ3v) is 10.7. The number of hydrogen-bond donors (Lipinski definition) is 0. The van der Waals surface area contributed by atoms with E-state index in [1.54, 1.807) is 0 Å². The van der Waals surface area contributed by atoms with Crippen LogP contribution in [0.1, 0.15) is 119 Å². The first-order valence-electron chi connectivity index (χ1n) is 21.7. The van der Waals surface area contributed by atoms with E-state index in [0.29, 0.717) is 32.8 Å². The normalized spacial score (nSPS) is 17.9. The van der Waals surface area contributed by atoms with Crippen molar-refractivity contribution in [2.45, 2.75) is 148 Å². The van der Waals surface area contributed by atoms with Gasteiger partial charge in [0.05, 0.1) is 26.4 Å². The minimum absolute atomic E-state index is 0.0958. The quantitative estimate of drug-likeness (QED) is 0.0325. The number of carbonyl (C=O) groups is 1. The molecule has 0 bridgehead atoms. The van der Waals surface area contributed by atoms with E-state index in [1.165, 1.54) is 64.2 Å². The fourth-order valence-electron chi connectivity index (χ4n) is 7.40. The molecule has 6 nitrogen and oxygen atoms in total. The van der Waals surface area contributed by atoms with Gasteiger partial charge in [-0.3, -0.25) is 4.79 Å². The second-order valence-electron chi connectivity index (χ2n) is 15.4. The number of carbonyl (C=O) groups excluding carboxylic acids is 1. The van der Waals surface area contributed by atoms with Crippen LogP contribution in [-0.4, -0.2) is 37.0 Å². The van der Waals surface area contributed by atoms with Crippen LogP contribution in [0.2, 0.25) is 0 Å². The monoisotopic (exact) mass is 774 g/mol. The summed E-state index contributed by atoms with van der Waals surface area (Å²) < 4.78 is 33.1. The maximum Gasteiger partial charge on any atom is 0.306 e. The summed E-state index contributed by atoms with van der Waals surface area (Å²) >= 11 is 0. The molecule has 57 heavy (non-hydrogen) atoms. The van der Waals surface area contributed by atoms with Gasteiger partial charge < -0.3 is 23.7 Å². The van der Waals surface area contributed by atoms with Gasteiger partial charge in [-0.2, -0.15) is 0 Å². The zero-order chi connectivity index (χ0) is 39.6. The molecule has 0 radical (unpaired) electrons. The Labute approximate surface area is 342 Å². The molecular formula is C51H66O6. The fraction of sp³-hybridized carbons (Fsp3) is 0.471. The lowest BCUT2D eigenvalue weighted by Gasteiger charge is -2.41. The summed E-state index contributed by atoms with van der Waals surface area (Å²) in [6.45, 7) is 3.86. The van der Waals surface area contributed by atoms with Gasteiger partial charge in [-0.15, -0.1) is 0 Å². The number of benzene rings is 4. The van der Waals surface area contributed by atoms with E-state index in [-0.39, 0.29) is 12.6 Å². The van der Waals surface area contributed by atoms with Crippen LogP contribution in [0, 0.1) is 0 Å². The highest BCUT2D eigenvalue weighted by molar-refractivity contribution is 5.69. The molecule has 0 heterocycles. The van der Waals surface area contributed by atoms with E-state index < -0.39 is 24.4 Å². The highest BCUT2D eigenvalue weighted by Gasteiger charge is 2.44. The summed E-state index contributed by atoms with van der Waals surface area (Å²) in [6, 6.07) is 40.6. The van der Waals surface area contributed by atoms with E-state index in [2.05, 4.69) is 61.5 Å². The Kier molecular flexibility index (Phi) is 20.7. The molecule has 1 aliphatic carbocycles. The molecule has 0 aromatic heterocycles. The minimum Gasteiger partial charge on any atom is -0.461 e. The molecule has 0 amide bonds. The van der Waals surface area contributed by atoms with E-state index in [1.807, 2.05) is 72.8 Å². The maximum atomic E-state index is 13.2. The van der Waals surface area contributed by atoms with Crippen LogP contribution in [0.15, 0.2) is 133 Å². The summed E-state index contributed by atoms with van der Waals surface area (Å²) in [4.78, 5) is 13.2. The first-order valence-corrected chi connectivity index (χ1v) is 21.7. The summed E-state index contributed by atoms with van der Waals surface area (Å²) in [5.74, 6) is -0.188. The first-order chi connectivity index (χ1) is 28.2. The molecule has 4 atom stereocenters. The van der Waals surface area contributed by atoms with Crippen molar-refractivity contribution in [1.29, 1.82) is 0 Å². The number of unbranched alkanes of at least 4 members (excludes halogenated alkanes) is 12. The van der Waals surface area contributed by atoms with Gasteiger partial charge in [0, 0.05) is 6.42 Å². The van der Waals surface area contributed by atoms with E-state index in [0.717, 1.165) is 47.1 Å². The Hall–Kier alpha value is -4.07. The smallest absolute Gasteiger partial charge is 0.306 e. The van der Waals surface area contributed by atoms with Gasteiger partial charge in [0.15, 0.2) is 0 Å². The van der Waals surface area contributed by atoms with Gasteiger partial charge >= 0.3 is 5.97 Å². The molecule has 5 rings (SSSR count). The molecular weight excluding hydrogens is 709 g/mol. The number of hydrogen-bond acceptors (Lipinski definition) is 6. The molecule has 0 N–H and O–H groups in total. The Balaban J connectivity index is 1.26. The maximum absolute atomic E-state index is 13.2. The van der Waals surface area contributed by atoms with Crippen molar-refractivity contribution in [3.63, 3.8) is 0 Å². The zero-order valence-electron chi connectivity index (χ0n) is 34.3. The number of rotatable bonds is 28. The largest absolute Gasteiger partial charge is 0.461 e. The van der Waals surface area contributed by atoms with E-state index >= 15 is 0 Å². The predicted molar refractivity (Wildman–Crippen MR) is 229 cm³/mol. The third kappa shape index (κ3) is 16.7. The third-order valence-electron chi connectivity index (χ3n) is 10.7. The van der Waals surface area contributed by atoms with Gasteiger partial charge in [0.2, 0.25) is 0 Å². The topological polar surface area (TPSA) is 63.2 Å². The van der Waals surface area contributed by atoms with E-state index in [9.17, 15) is 4.79 Å². The van der Waals surface area contributed by atoms with Crippen molar-refractivity contribution < 1.29 is 28.5 Å². The summed E-state index contributed by atoms with van der Waals surface area (Å²) in [7, 11) is 0. The van der Waals surface area contributed by atoms with Crippen LogP contribution < -0.4 is 0 Å². The molecule has 306 valence electrons. The SMILES string of the molecule is CCCCCCCCCCCCCCCC(=O)OCC1=C[C@@H](OCc2ccccc2)[C@H](OCc2ccccc2)[C@@H](OCc2ccccc2)[C@H]1OCc1ccccc1. The second-order valence-corrected chi connectivity index (χ2v) is 15.4. The van der Waals surface area contributed by atoms with Crippen molar-refractivity contribution >= 4 is 5.97 Å². The second kappa shape index (κ2) is 26.8. The zero-order valence-corrected chi connectivity index (χ0v) is 34.3. The predicted octanol–water partition coefficient (Wildman–Crippen LogP) is 12.3. The Bertz CT molecular complexity index is 1640. The standard InChI is InChI=1S/C51H66O6/c1-2-3-4-5-6-7-8-9-10-11-12-13-26-35-48(52)54-41-46-36-47(53-37-42-27-18-14-19-28-42)50(56-39-44-31-22-16-23-32-44)51(57-40-45-33-24-17-25-34-45)49(46)55-38-43-29-20-15-21-30-43/h14-25,27-34,36,47,49-51H,2-13,26,35,37-41H2,1H3/t47-,49+,50+,51+/m1/s1. The number of ether oxygens (including phenoxy) is 5. The summed E-state index contributed by atoms with van der Waals surface area (Å²) in [5, 5.41) is 0. The minimum atomic E-state index is -0.557. The van der Waals surface area contributed by atoms with Gasteiger partial charge in [-0.1, -0.05) is 205 Å². The lowest BCUT2D eigenvalue weighted by Crippen LogP contribution is -2.53. The van der Waals surface area contributed by atoms with Crippen LogP contribution >= 0.6 is 0 Å². The highest BCUT2D eigenvalue weighted by atomic mass is 16.6. The molecule has 0 unspecified atom stereocenters. The van der Waals surface area contributed by atoms with Gasteiger partial charge in [0.1, 0.15) is 31.0 Å². The fourth-order valence-corrected chi connectivity index (χ4v) is 7.40. The summed E-state index contributed by atoms with van der Waals surface area (Å²) in [6.07, 6.45) is 16.8. The molecule has 0 saturated heterocycles. The number of esters is 1. The van der Waals surface area contributed by atoms with Gasteiger partial charge in [-0.25, -0.2) is 0 Å². The van der Waals surface area contributed by atoms with Crippen LogP contribution in [-0.2, 0) is 54.9 Å². The molecule has 0 fully saturated rings. The lowest BCUT2D eigenvalue weighted by molar-refractivity contribution is -0.183. The molecule has 0 saturated carbocycles. The average molecular weight is 775 g/mol. The molecule has 0 aliphatic heterocycles. The van der Waals surface area contributed by atoms with Crippen molar-refractivity contribution in [2.75, 3.05) is 6.61 Å². The van der Waals surface area contributed by atoms with Crippen molar-refractivity contribution in [2.24, 2.45) is 0 Å². The van der Waals surface area contributed by atoms with Gasteiger partial charge in [-0.05, 0) is 40.3 Å². The lowest BCUT2D eigenvalue weighted by atomic mass is 9.88. The Morgan fingerprint density at radius 2 is 0.825 bits per heavy atom. The molecule has 0 spiro atoms. The molecule has 6 heteroatoms. The first kappa shape index (κ1) is 44.0. The molecule has 4 aromatic carbocycles. The van der Waals surface area contributed by atoms with E-state index in [4.69, 9.17) is 23.7 Å². The van der Waals surface area contributed by atoms with Crippen molar-refractivity contribution in [3.05, 3.63) is 155 Å². The van der Waals surface area contributed by atoms with Crippen LogP contribution in [0.3, 0.4) is 0 Å². The van der Waals surface area contributed by atoms with Crippen LogP contribution in [0.5, 0.6) is 0 Å². The average Bonchev–Trinajstić information content (AvgIpc) is 3.26. The van der Waals surface area contributed by atoms with Crippen LogP contribution in [0.4, 0.5) is 0 Å². The summed E-state index contributed by atoms with van der Waals surface area (Å²) in [5.41, 5.74) is 5.02. The Morgan fingerprint density at radius 3 is 1.28 bits per heavy atom. The van der Waals surface area contributed by atoms with Crippen LogP contribution in [0.25, 0.3) is 0 Å².